The van der Waals surface area contributed by atoms with Crippen molar-refractivity contribution in [3.8, 4) is 5.69 Å². The normalized spacial score (nSPS) is 10.4. The average Bonchev–Trinajstić information content (AvgIpc) is 2.38. The minimum atomic E-state index is -1.34. The van der Waals surface area contributed by atoms with Crippen LogP contribution in [0.5, 0.6) is 0 Å². The number of benzene rings is 1. The van der Waals surface area contributed by atoms with Crippen LogP contribution in [0.3, 0.4) is 0 Å². The Balaban J connectivity index is 2.74. The first kappa shape index (κ1) is 12.8. The number of aromatic amines is 1. The van der Waals surface area contributed by atoms with Crippen molar-refractivity contribution >= 4 is 5.97 Å². The lowest BCUT2D eigenvalue weighted by molar-refractivity contribution is 0.0689. The van der Waals surface area contributed by atoms with Gasteiger partial charge in [0, 0.05) is 6.07 Å². The van der Waals surface area contributed by atoms with Crippen molar-refractivity contribution in [3.63, 3.8) is 0 Å². The number of carboxylic acids is 1. The molecule has 1 aromatic heterocycles. The molecule has 19 heavy (non-hydrogen) atoms. The molecule has 2 N–H and O–H groups in total. The standard InChI is InChI=1S/C13H12N2O4/c1-2-8-5-3-4-6-10(8)15-11(16)7-9(12(17)18)14-13(15)19/h3-7H,2H2,1H3,(H,14,19)(H,17,18). The van der Waals surface area contributed by atoms with E-state index >= 15 is 0 Å². The molecule has 0 aliphatic carbocycles. The van der Waals surface area contributed by atoms with E-state index in [1.807, 2.05) is 19.1 Å². The molecule has 0 saturated carbocycles. The number of aryl methyl sites for hydroxylation is 1. The van der Waals surface area contributed by atoms with Gasteiger partial charge in [-0.05, 0) is 18.1 Å². The average molecular weight is 260 g/mol. The summed E-state index contributed by atoms with van der Waals surface area (Å²) < 4.78 is 0.936. The number of nitrogens with one attached hydrogen (secondary N) is 1. The Labute approximate surface area is 108 Å². The van der Waals surface area contributed by atoms with E-state index in [4.69, 9.17) is 5.11 Å². The molecule has 98 valence electrons. The Morgan fingerprint density at radius 3 is 2.58 bits per heavy atom. The number of hydrogen-bond acceptors (Lipinski definition) is 3. The van der Waals surface area contributed by atoms with Crippen LogP contribution in [0.4, 0.5) is 0 Å². The molecule has 0 fully saturated rings. The van der Waals surface area contributed by atoms with Crippen LogP contribution in [0, 0.1) is 0 Å². The second kappa shape index (κ2) is 4.93. The van der Waals surface area contributed by atoms with E-state index in [0.29, 0.717) is 12.1 Å². The summed E-state index contributed by atoms with van der Waals surface area (Å²) in [5.41, 5.74) is -0.542. The Bertz CT molecular complexity index is 712. The molecule has 1 aromatic carbocycles. The largest absolute Gasteiger partial charge is 0.477 e. The number of rotatable bonds is 3. The predicted octanol–water partition coefficient (Wildman–Crippen LogP) is 0.786. The van der Waals surface area contributed by atoms with E-state index in [0.717, 1.165) is 16.2 Å². The number of carboxylic acid groups (broad SMARTS) is 1. The molecule has 2 rings (SSSR count). The SMILES string of the molecule is CCc1ccccc1-n1c(=O)cc(C(=O)O)[nH]c1=O. The molecular weight excluding hydrogens is 248 g/mol. The first-order valence-corrected chi connectivity index (χ1v) is 5.72. The van der Waals surface area contributed by atoms with Gasteiger partial charge in [0.1, 0.15) is 5.69 Å². The van der Waals surface area contributed by atoms with E-state index < -0.39 is 22.9 Å². The highest BCUT2D eigenvalue weighted by Gasteiger charge is 2.12. The van der Waals surface area contributed by atoms with Crippen LogP contribution in [0.2, 0.25) is 0 Å². The molecule has 0 saturated heterocycles. The van der Waals surface area contributed by atoms with E-state index in [-0.39, 0.29) is 0 Å². The summed E-state index contributed by atoms with van der Waals surface area (Å²) in [6.07, 6.45) is 0.655. The minimum Gasteiger partial charge on any atom is -0.477 e. The fraction of sp³-hybridized carbons (Fsp3) is 0.154. The zero-order valence-corrected chi connectivity index (χ0v) is 10.2. The van der Waals surface area contributed by atoms with Gasteiger partial charge >= 0.3 is 11.7 Å². The second-order valence-corrected chi connectivity index (χ2v) is 3.95. The summed E-state index contributed by atoms with van der Waals surface area (Å²) in [7, 11) is 0. The van der Waals surface area contributed by atoms with Crippen LogP contribution in [-0.4, -0.2) is 20.6 Å². The molecule has 0 atom stereocenters. The van der Waals surface area contributed by atoms with Gasteiger partial charge in [0.25, 0.3) is 5.56 Å². The van der Waals surface area contributed by atoms with Crippen molar-refractivity contribution in [2.75, 3.05) is 0 Å². The lowest BCUT2D eigenvalue weighted by atomic mass is 10.1. The summed E-state index contributed by atoms with van der Waals surface area (Å²) >= 11 is 0. The number of H-pyrrole nitrogens is 1. The Morgan fingerprint density at radius 2 is 2.00 bits per heavy atom. The second-order valence-electron chi connectivity index (χ2n) is 3.95. The van der Waals surface area contributed by atoms with Gasteiger partial charge in [-0.25, -0.2) is 14.2 Å². The van der Waals surface area contributed by atoms with Crippen LogP contribution in [0.1, 0.15) is 23.0 Å². The first-order valence-electron chi connectivity index (χ1n) is 5.72. The number of aromatic carboxylic acids is 1. The highest BCUT2D eigenvalue weighted by atomic mass is 16.4. The lowest BCUT2D eigenvalue weighted by Gasteiger charge is -2.09. The predicted molar refractivity (Wildman–Crippen MR) is 69.0 cm³/mol. The molecule has 1 heterocycles. The smallest absolute Gasteiger partial charge is 0.352 e. The first-order chi connectivity index (χ1) is 9.04. The third-order valence-corrected chi connectivity index (χ3v) is 2.78. The summed E-state index contributed by atoms with van der Waals surface area (Å²) in [5, 5.41) is 8.78. The number of aromatic nitrogens is 2. The summed E-state index contributed by atoms with van der Waals surface area (Å²) in [6.45, 7) is 1.91. The van der Waals surface area contributed by atoms with Gasteiger partial charge in [-0.2, -0.15) is 0 Å². The van der Waals surface area contributed by atoms with Crippen LogP contribution < -0.4 is 11.2 Å². The van der Waals surface area contributed by atoms with E-state index in [9.17, 15) is 14.4 Å². The fourth-order valence-corrected chi connectivity index (χ4v) is 1.87. The molecule has 0 radical (unpaired) electrons. The number of nitrogens with zero attached hydrogens (tertiary/aromatic N) is 1. The van der Waals surface area contributed by atoms with Crippen molar-refractivity contribution in [1.29, 1.82) is 0 Å². The summed E-state index contributed by atoms with van der Waals surface area (Å²) in [5.74, 6) is -1.34. The van der Waals surface area contributed by atoms with Crippen LogP contribution >= 0.6 is 0 Å². The highest BCUT2D eigenvalue weighted by Crippen LogP contribution is 2.11. The van der Waals surface area contributed by atoms with E-state index in [1.54, 1.807) is 12.1 Å². The van der Waals surface area contributed by atoms with Gasteiger partial charge in [0.05, 0.1) is 5.69 Å². The van der Waals surface area contributed by atoms with Crippen molar-refractivity contribution in [3.05, 3.63) is 62.4 Å². The minimum absolute atomic E-state index is 0.416. The number of para-hydroxylation sites is 1. The molecule has 2 aromatic rings. The maximum absolute atomic E-state index is 11.9. The van der Waals surface area contributed by atoms with Crippen molar-refractivity contribution in [2.45, 2.75) is 13.3 Å². The quantitative estimate of drug-likeness (QED) is 0.853. The monoisotopic (exact) mass is 260 g/mol. The molecule has 0 unspecified atom stereocenters. The zero-order valence-electron chi connectivity index (χ0n) is 10.2. The Hall–Kier alpha value is -2.63. The molecule has 0 bridgehead atoms. The van der Waals surface area contributed by atoms with Crippen LogP contribution in [0.15, 0.2) is 39.9 Å². The van der Waals surface area contributed by atoms with Gasteiger partial charge in [0.2, 0.25) is 0 Å². The van der Waals surface area contributed by atoms with Gasteiger partial charge < -0.3 is 10.1 Å². The van der Waals surface area contributed by atoms with E-state index in [1.165, 1.54) is 0 Å². The highest BCUT2D eigenvalue weighted by molar-refractivity contribution is 5.84. The maximum Gasteiger partial charge on any atom is 0.352 e. The Morgan fingerprint density at radius 1 is 1.32 bits per heavy atom. The Kier molecular flexibility index (Phi) is 3.33. The maximum atomic E-state index is 11.9. The number of carbonyl (C=O) groups is 1. The fourth-order valence-electron chi connectivity index (χ4n) is 1.87. The third kappa shape index (κ3) is 2.33. The summed E-state index contributed by atoms with van der Waals surface area (Å²) in [4.78, 5) is 36.7. The van der Waals surface area contributed by atoms with Crippen LogP contribution in [0.25, 0.3) is 5.69 Å². The van der Waals surface area contributed by atoms with Crippen molar-refractivity contribution < 1.29 is 9.90 Å². The van der Waals surface area contributed by atoms with Gasteiger partial charge in [-0.3, -0.25) is 4.79 Å². The lowest BCUT2D eigenvalue weighted by Crippen LogP contribution is -2.35. The molecule has 6 nitrogen and oxygen atoms in total. The summed E-state index contributed by atoms with van der Waals surface area (Å²) in [6, 6.07) is 7.89. The number of hydrogen-bond donors (Lipinski definition) is 2. The molecular formula is C13H12N2O4. The van der Waals surface area contributed by atoms with Crippen molar-refractivity contribution in [2.24, 2.45) is 0 Å². The van der Waals surface area contributed by atoms with Crippen molar-refractivity contribution in [1.82, 2.24) is 9.55 Å². The van der Waals surface area contributed by atoms with Gasteiger partial charge in [-0.15, -0.1) is 0 Å². The molecule has 0 aliphatic rings. The molecule has 0 aliphatic heterocycles. The van der Waals surface area contributed by atoms with Crippen LogP contribution in [-0.2, 0) is 6.42 Å². The van der Waals surface area contributed by atoms with Gasteiger partial charge in [-0.1, -0.05) is 25.1 Å². The van der Waals surface area contributed by atoms with E-state index in [2.05, 4.69) is 4.98 Å². The van der Waals surface area contributed by atoms with Gasteiger partial charge in [0.15, 0.2) is 0 Å². The molecule has 0 spiro atoms. The zero-order chi connectivity index (χ0) is 14.0. The third-order valence-electron chi connectivity index (χ3n) is 2.78. The molecule has 6 heteroatoms. The topological polar surface area (TPSA) is 92.2 Å². The molecule has 0 amide bonds.